The second kappa shape index (κ2) is 10.2. The fraction of sp³-hybridized carbons (Fsp3) is 0.600. The molecule has 1 fully saturated rings. The van der Waals surface area contributed by atoms with E-state index in [1.807, 2.05) is 31.2 Å². The first-order valence-electron chi connectivity index (χ1n) is 9.46. The molecule has 26 heavy (non-hydrogen) atoms. The fourth-order valence-corrected chi connectivity index (χ4v) is 3.03. The van der Waals surface area contributed by atoms with Crippen LogP contribution >= 0.6 is 0 Å². The lowest BCUT2D eigenvalue weighted by Gasteiger charge is -2.29. The molecule has 0 aromatic heterocycles. The first-order chi connectivity index (χ1) is 12.5. The lowest BCUT2D eigenvalue weighted by molar-refractivity contribution is -0.128. The van der Waals surface area contributed by atoms with Gasteiger partial charge in [0.2, 0.25) is 5.91 Å². The number of benzene rings is 1. The van der Waals surface area contributed by atoms with Crippen LogP contribution in [0.3, 0.4) is 0 Å². The van der Waals surface area contributed by atoms with E-state index in [0.717, 1.165) is 37.1 Å². The first-order valence-corrected chi connectivity index (χ1v) is 9.46. The molecule has 0 saturated carbocycles. The van der Waals surface area contributed by atoms with Crippen molar-refractivity contribution in [3.8, 4) is 0 Å². The van der Waals surface area contributed by atoms with Crippen LogP contribution in [0.4, 0.5) is 10.5 Å². The molecular formula is C20H31N3O3. The van der Waals surface area contributed by atoms with Crippen LogP contribution in [0.2, 0.25) is 0 Å². The molecule has 1 N–H and O–H groups in total. The van der Waals surface area contributed by atoms with Crippen LogP contribution < -0.4 is 5.32 Å². The molecule has 6 nitrogen and oxygen atoms in total. The van der Waals surface area contributed by atoms with Gasteiger partial charge in [-0.05, 0) is 50.3 Å². The van der Waals surface area contributed by atoms with E-state index in [1.165, 1.54) is 0 Å². The Bertz CT molecular complexity index is 598. The molecular weight excluding hydrogens is 330 g/mol. The number of nitrogens with zero attached hydrogens (tertiary/aromatic N) is 2. The van der Waals surface area contributed by atoms with Crippen molar-refractivity contribution in [3.05, 3.63) is 29.8 Å². The Hall–Kier alpha value is -2.08. The molecule has 1 heterocycles. The van der Waals surface area contributed by atoms with Crippen molar-refractivity contribution in [2.24, 2.45) is 0 Å². The lowest BCUT2D eigenvalue weighted by Crippen LogP contribution is -2.41. The number of hydrogen-bond acceptors (Lipinski definition) is 3. The molecule has 0 radical (unpaired) electrons. The van der Waals surface area contributed by atoms with Gasteiger partial charge >= 0.3 is 6.03 Å². The van der Waals surface area contributed by atoms with Gasteiger partial charge in [0.1, 0.15) is 0 Å². The average Bonchev–Trinajstić information content (AvgIpc) is 2.65. The maximum absolute atomic E-state index is 12.6. The number of hydrogen-bond donors (Lipinski definition) is 1. The second-order valence-corrected chi connectivity index (χ2v) is 6.95. The van der Waals surface area contributed by atoms with Crippen LogP contribution in [0, 0.1) is 0 Å². The van der Waals surface area contributed by atoms with E-state index in [1.54, 1.807) is 23.9 Å². The summed E-state index contributed by atoms with van der Waals surface area (Å²) >= 11 is 0. The van der Waals surface area contributed by atoms with E-state index < -0.39 is 0 Å². The molecule has 1 aromatic rings. The summed E-state index contributed by atoms with van der Waals surface area (Å²) in [6.07, 6.45) is 4.55. The van der Waals surface area contributed by atoms with E-state index in [-0.39, 0.29) is 18.0 Å². The summed E-state index contributed by atoms with van der Waals surface area (Å²) < 4.78 is 5.75. The summed E-state index contributed by atoms with van der Waals surface area (Å²) in [6.45, 7) is 4.03. The maximum Gasteiger partial charge on any atom is 0.321 e. The first kappa shape index (κ1) is 20.2. The van der Waals surface area contributed by atoms with Crippen LogP contribution in [-0.4, -0.2) is 61.6 Å². The number of carbonyl (C=O) groups excluding carboxylic acids is 2. The third-order valence-electron chi connectivity index (χ3n) is 4.67. The number of aryl methyl sites for hydroxylation is 1. The quantitative estimate of drug-likeness (QED) is 0.812. The van der Waals surface area contributed by atoms with Gasteiger partial charge in [0.25, 0.3) is 0 Å². The standard InChI is InChI=1S/C20H31N3O3/c1-4-23(15-18-10-5-6-13-26-18)20(25)21-17-9-7-8-16(14-17)11-12-19(24)22(2)3/h7-9,14,18H,4-6,10-13,15H2,1-3H3,(H,21,25)/t18-/m0/s1. The SMILES string of the molecule is CCN(C[C@@H]1CCCCO1)C(=O)Nc1cccc(CCC(=O)N(C)C)c1. The Kier molecular flexibility index (Phi) is 7.91. The monoisotopic (exact) mass is 361 g/mol. The molecule has 144 valence electrons. The van der Waals surface area contributed by atoms with Gasteiger partial charge in [0.05, 0.1) is 6.10 Å². The number of carbonyl (C=O) groups is 2. The summed E-state index contributed by atoms with van der Waals surface area (Å²) in [5.74, 6) is 0.101. The Morgan fingerprint density at radius 3 is 2.73 bits per heavy atom. The number of anilines is 1. The molecule has 3 amide bonds. The second-order valence-electron chi connectivity index (χ2n) is 6.95. The van der Waals surface area contributed by atoms with Gasteiger partial charge in [0, 0.05) is 45.9 Å². The van der Waals surface area contributed by atoms with E-state index in [9.17, 15) is 9.59 Å². The van der Waals surface area contributed by atoms with Crippen LogP contribution in [0.5, 0.6) is 0 Å². The Labute approximate surface area is 156 Å². The summed E-state index contributed by atoms with van der Waals surface area (Å²) in [5.41, 5.74) is 1.80. The minimum atomic E-state index is -0.108. The molecule has 1 atom stereocenters. The molecule has 0 aliphatic carbocycles. The molecule has 0 bridgehead atoms. The molecule has 1 aliphatic heterocycles. The van der Waals surface area contributed by atoms with Crippen molar-refractivity contribution < 1.29 is 14.3 Å². The highest BCUT2D eigenvalue weighted by Crippen LogP contribution is 2.16. The Morgan fingerprint density at radius 2 is 2.08 bits per heavy atom. The number of likely N-dealkylation sites (N-methyl/N-ethyl adjacent to an activating group) is 1. The Balaban J connectivity index is 1.90. The minimum absolute atomic E-state index is 0.101. The van der Waals surface area contributed by atoms with Gasteiger partial charge in [-0.2, -0.15) is 0 Å². The number of amides is 3. The third-order valence-corrected chi connectivity index (χ3v) is 4.67. The number of urea groups is 1. The zero-order valence-corrected chi connectivity index (χ0v) is 16.2. The van der Waals surface area contributed by atoms with Crippen LogP contribution in [0.25, 0.3) is 0 Å². The van der Waals surface area contributed by atoms with Gasteiger partial charge in [-0.25, -0.2) is 4.79 Å². The topological polar surface area (TPSA) is 61.9 Å². The summed E-state index contributed by atoms with van der Waals surface area (Å²) in [7, 11) is 3.52. The lowest BCUT2D eigenvalue weighted by atomic mass is 10.1. The zero-order chi connectivity index (χ0) is 18.9. The number of ether oxygens (including phenoxy) is 1. The van der Waals surface area contributed by atoms with E-state index in [4.69, 9.17) is 4.74 Å². The summed E-state index contributed by atoms with van der Waals surface area (Å²) in [6, 6.07) is 7.59. The minimum Gasteiger partial charge on any atom is -0.376 e. The van der Waals surface area contributed by atoms with Crippen LogP contribution in [0.1, 0.15) is 38.2 Å². The molecule has 1 saturated heterocycles. The zero-order valence-electron chi connectivity index (χ0n) is 16.2. The maximum atomic E-state index is 12.6. The normalized spacial score (nSPS) is 16.8. The summed E-state index contributed by atoms with van der Waals surface area (Å²) in [5, 5.41) is 2.97. The van der Waals surface area contributed by atoms with Gasteiger partial charge in [-0.3, -0.25) is 4.79 Å². The highest BCUT2D eigenvalue weighted by atomic mass is 16.5. The molecule has 0 spiro atoms. The Morgan fingerprint density at radius 1 is 1.27 bits per heavy atom. The van der Waals surface area contributed by atoms with Crippen LogP contribution in [-0.2, 0) is 16.0 Å². The van der Waals surface area contributed by atoms with E-state index in [2.05, 4.69) is 5.32 Å². The predicted molar refractivity (Wildman–Crippen MR) is 103 cm³/mol. The van der Waals surface area contributed by atoms with Gasteiger partial charge in [-0.1, -0.05) is 12.1 Å². The van der Waals surface area contributed by atoms with Gasteiger partial charge in [-0.15, -0.1) is 0 Å². The molecule has 1 aromatic carbocycles. The smallest absolute Gasteiger partial charge is 0.321 e. The van der Waals surface area contributed by atoms with Gasteiger partial charge in [0.15, 0.2) is 0 Å². The van der Waals surface area contributed by atoms with E-state index >= 15 is 0 Å². The molecule has 1 aliphatic rings. The van der Waals surface area contributed by atoms with Crippen molar-refractivity contribution in [2.45, 2.75) is 45.1 Å². The van der Waals surface area contributed by atoms with E-state index in [0.29, 0.717) is 25.9 Å². The highest BCUT2D eigenvalue weighted by Gasteiger charge is 2.20. The molecule has 6 heteroatoms. The number of rotatable bonds is 7. The fourth-order valence-electron chi connectivity index (χ4n) is 3.03. The summed E-state index contributed by atoms with van der Waals surface area (Å²) in [4.78, 5) is 27.7. The van der Waals surface area contributed by atoms with Crippen molar-refractivity contribution in [1.29, 1.82) is 0 Å². The third kappa shape index (κ3) is 6.33. The van der Waals surface area contributed by atoms with Crippen molar-refractivity contribution >= 4 is 17.6 Å². The number of nitrogens with one attached hydrogen (secondary N) is 1. The molecule has 0 unspecified atom stereocenters. The van der Waals surface area contributed by atoms with Crippen molar-refractivity contribution in [1.82, 2.24) is 9.80 Å². The van der Waals surface area contributed by atoms with Crippen LogP contribution in [0.15, 0.2) is 24.3 Å². The highest BCUT2D eigenvalue weighted by molar-refractivity contribution is 5.89. The average molecular weight is 361 g/mol. The van der Waals surface area contributed by atoms with Crippen molar-refractivity contribution in [2.75, 3.05) is 39.1 Å². The largest absolute Gasteiger partial charge is 0.376 e. The van der Waals surface area contributed by atoms with Crippen molar-refractivity contribution in [3.63, 3.8) is 0 Å². The van der Waals surface area contributed by atoms with Gasteiger partial charge < -0.3 is 19.9 Å². The molecule has 2 rings (SSSR count). The predicted octanol–water partition coefficient (Wildman–Crippen LogP) is 3.13.